The Morgan fingerprint density at radius 1 is 1.12 bits per heavy atom. The minimum Gasteiger partial charge on any atom is -0.454 e. The lowest BCUT2D eigenvalue weighted by atomic mass is 10.2. The molecule has 2 heterocycles. The zero-order chi connectivity index (χ0) is 11.7. The first-order valence-electron chi connectivity index (χ1n) is 5.67. The second-order valence-electron chi connectivity index (χ2n) is 4.10. The van der Waals surface area contributed by atoms with Crippen LogP contribution in [-0.4, -0.2) is 33.1 Å². The fourth-order valence-corrected chi connectivity index (χ4v) is 1.92. The van der Waals surface area contributed by atoms with Crippen molar-refractivity contribution in [3.8, 4) is 11.5 Å². The predicted molar refractivity (Wildman–Crippen MR) is 60.1 cm³/mol. The molecular weight excluding hydrogens is 222 g/mol. The van der Waals surface area contributed by atoms with Gasteiger partial charge in [-0.15, -0.1) is 0 Å². The van der Waals surface area contributed by atoms with Gasteiger partial charge in [-0.1, -0.05) is 0 Å². The minimum absolute atomic E-state index is 0.264. The van der Waals surface area contributed by atoms with Gasteiger partial charge in [0.2, 0.25) is 6.79 Å². The highest BCUT2D eigenvalue weighted by molar-refractivity contribution is 5.44. The number of nitrogens with one attached hydrogen (secondary N) is 1. The van der Waals surface area contributed by atoms with Crippen molar-refractivity contribution >= 4 is 0 Å². The minimum atomic E-state index is -0.311. The number of ether oxygens (including phenoxy) is 4. The Bertz CT molecular complexity index is 401. The molecule has 0 radical (unpaired) electrons. The van der Waals surface area contributed by atoms with Crippen LogP contribution < -0.4 is 14.8 Å². The molecule has 17 heavy (non-hydrogen) atoms. The Morgan fingerprint density at radius 3 is 2.65 bits per heavy atom. The Morgan fingerprint density at radius 2 is 1.88 bits per heavy atom. The van der Waals surface area contributed by atoms with Gasteiger partial charge < -0.3 is 24.3 Å². The van der Waals surface area contributed by atoms with Gasteiger partial charge in [-0.25, -0.2) is 0 Å². The predicted octanol–water partition coefficient (Wildman–Crippen LogP) is 1.05. The topological polar surface area (TPSA) is 49.0 Å². The molecule has 1 fully saturated rings. The summed E-state index contributed by atoms with van der Waals surface area (Å²) < 4.78 is 21.9. The van der Waals surface area contributed by atoms with Crippen LogP contribution in [0, 0.1) is 0 Å². The van der Waals surface area contributed by atoms with E-state index in [9.17, 15) is 0 Å². The van der Waals surface area contributed by atoms with Gasteiger partial charge in [0.1, 0.15) is 0 Å². The second kappa shape index (κ2) is 4.52. The van der Waals surface area contributed by atoms with Gasteiger partial charge in [-0.05, 0) is 25.2 Å². The van der Waals surface area contributed by atoms with E-state index in [4.69, 9.17) is 18.9 Å². The van der Waals surface area contributed by atoms with E-state index < -0.39 is 0 Å². The maximum atomic E-state index is 5.65. The average molecular weight is 237 g/mol. The van der Waals surface area contributed by atoms with Crippen molar-refractivity contribution in [2.75, 3.05) is 27.1 Å². The van der Waals surface area contributed by atoms with Crippen LogP contribution in [0.5, 0.6) is 11.5 Å². The molecule has 0 unspecified atom stereocenters. The molecule has 0 amide bonds. The first kappa shape index (κ1) is 10.8. The summed E-state index contributed by atoms with van der Waals surface area (Å²) in [5.74, 6) is 1.53. The molecule has 5 heteroatoms. The molecule has 0 aliphatic carbocycles. The zero-order valence-corrected chi connectivity index (χ0v) is 9.64. The summed E-state index contributed by atoms with van der Waals surface area (Å²) in [6.45, 7) is 1.58. The third kappa shape index (κ3) is 2.09. The van der Waals surface area contributed by atoms with Crippen molar-refractivity contribution in [3.63, 3.8) is 0 Å². The van der Waals surface area contributed by atoms with E-state index in [-0.39, 0.29) is 19.1 Å². The van der Waals surface area contributed by atoms with Crippen LogP contribution in [0.15, 0.2) is 18.2 Å². The molecule has 0 saturated carbocycles. The fraction of sp³-hybridized carbons (Fsp3) is 0.500. The van der Waals surface area contributed by atoms with Crippen LogP contribution in [0.1, 0.15) is 11.9 Å². The van der Waals surface area contributed by atoms with Crippen molar-refractivity contribution in [1.29, 1.82) is 0 Å². The van der Waals surface area contributed by atoms with Gasteiger partial charge in [0.25, 0.3) is 0 Å². The summed E-state index contributed by atoms with van der Waals surface area (Å²) in [7, 11) is 1.90. The number of benzene rings is 1. The monoisotopic (exact) mass is 237 g/mol. The summed E-state index contributed by atoms with van der Waals surface area (Å²) in [5.41, 5.74) is 0.962. The summed E-state index contributed by atoms with van der Waals surface area (Å²) in [6.07, 6.45) is -0.311. The van der Waals surface area contributed by atoms with Crippen molar-refractivity contribution in [3.05, 3.63) is 23.8 Å². The lowest BCUT2D eigenvalue weighted by Gasteiger charge is -2.29. The molecule has 2 aliphatic heterocycles. The quantitative estimate of drug-likeness (QED) is 0.833. The van der Waals surface area contributed by atoms with Crippen molar-refractivity contribution in [2.45, 2.75) is 12.3 Å². The summed E-state index contributed by atoms with van der Waals surface area (Å²) in [6, 6.07) is 6.00. The van der Waals surface area contributed by atoms with Gasteiger partial charge in [0.05, 0.1) is 19.3 Å². The van der Waals surface area contributed by atoms with E-state index in [2.05, 4.69) is 5.32 Å². The highest BCUT2D eigenvalue weighted by atomic mass is 16.7. The van der Waals surface area contributed by atoms with Crippen molar-refractivity contribution in [1.82, 2.24) is 5.32 Å². The van der Waals surface area contributed by atoms with E-state index in [1.54, 1.807) is 0 Å². The second-order valence-corrected chi connectivity index (χ2v) is 4.10. The lowest BCUT2D eigenvalue weighted by molar-refractivity contribution is -0.193. The van der Waals surface area contributed by atoms with E-state index >= 15 is 0 Å². The highest BCUT2D eigenvalue weighted by Gasteiger charge is 2.24. The Balaban J connectivity index is 1.72. The number of hydrogen-bond acceptors (Lipinski definition) is 5. The van der Waals surface area contributed by atoms with Gasteiger partial charge >= 0.3 is 0 Å². The van der Waals surface area contributed by atoms with Gasteiger partial charge in [0, 0.05) is 5.56 Å². The summed E-state index contributed by atoms with van der Waals surface area (Å²) in [5, 5.41) is 3.12. The average Bonchev–Trinajstić information content (AvgIpc) is 2.86. The Kier molecular flexibility index (Phi) is 2.88. The SMILES string of the molecule is CNC1COC(c2ccc3c(c2)OCO3)OC1. The lowest BCUT2D eigenvalue weighted by Crippen LogP contribution is -2.40. The molecule has 0 aromatic heterocycles. The molecule has 3 rings (SSSR count). The van der Waals surface area contributed by atoms with E-state index in [1.165, 1.54) is 0 Å². The standard InChI is InChI=1S/C12H15NO4/c1-13-9-5-14-12(15-6-9)8-2-3-10-11(4-8)17-7-16-10/h2-4,9,12-13H,5-7H2,1H3. The smallest absolute Gasteiger partial charge is 0.231 e. The first-order valence-corrected chi connectivity index (χ1v) is 5.67. The maximum Gasteiger partial charge on any atom is 0.231 e. The number of rotatable bonds is 2. The number of fused-ring (bicyclic) bond motifs is 1. The molecule has 1 aromatic rings. The van der Waals surface area contributed by atoms with Crippen LogP contribution in [0.4, 0.5) is 0 Å². The van der Waals surface area contributed by atoms with Gasteiger partial charge in [0.15, 0.2) is 17.8 Å². The van der Waals surface area contributed by atoms with Crippen LogP contribution in [0.2, 0.25) is 0 Å². The van der Waals surface area contributed by atoms with Crippen molar-refractivity contribution in [2.24, 2.45) is 0 Å². The third-order valence-electron chi connectivity index (χ3n) is 2.97. The van der Waals surface area contributed by atoms with Crippen LogP contribution >= 0.6 is 0 Å². The Hall–Kier alpha value is -1.30. The van der Waals surface area contributed by atoms with E-state index in [0.717, 1.165) is 17.1 Å². The van der Waals surface area contributed by atoms with E-state index in [1.807, 2.05) is 25.2 Å². The van der Waals surface area contributed by atoms with Crippen LogP contribution in [0.3, 0.4) is 0 Å². The molecule has 1 saturated heterocycles. The maximum absolute atomic E-state index is 5.65. The molecule has 0 atom stereocenters. The van der Waals surface area contributed by atoms with Crippen LogP contribution in [0.25, 0.3) is 0 Å². The molecule has 1 aromatic carbocycles. The van der Waals surface area contributed by atoms with Gasteiger partial charge in [-0.3, -0.25) is 0 Å². The molecule has 1 N–H and O–H groups in total. The van der Waals surface area contributed by atoms with Crippen molar-refractivity contribution < 1.29 is 18.9 Å². The zero-order valence-electron chi connectivity index (χ0n) is 9.64. The van der Waals surface area contributed by atoms with E-state index in [0.29, 0.717) is 13.2 Å². The molecule has 0 bridgehead atoms. The third-order valence-corrected chi connectivity index (χ3v) is 2.97. The molecule has 5 nitrogen and oxygen atoms in total. The first-order chi connectivity index (χ1) is 8.36. The molecular formula is C12H15NO4. The van der Waals surface area contributed by atoms with Crippen LogP contribution in [-0.2, 0) is 9.47 Å². The largest absolute Gasteiger partial charge is 0.454 e. The molecule has 0 spiro atoms. The number of hydrogen-bond donors (Lipinski definition) is 1. The normalized spacial score (nSPS) is 27.1. The highest BCUT2D eigenvalue weighted by Crippen LogP contribution is 2.35. The van der Waals surface area contributed by atoms with Gasteiger partial charge in [-0.2, -0.15) is 0 Å². The summed E-state index contributed by atoms with van der Waals surface area (Å²) >= 11 is 0. The number of likely N-dealkylation sites (N-methyl/N-ethyl adjacent to an activating group) is 1. The Labute approximate surface area is 99.6 Å². The molecule has 92 valence electrons. The molecule has 2 aliphatic rings. The fourth-order valence-electron chi connectivity index (χ4n) is 1.92. The summed E-state index contributed by atoms with van der Waals surface area (Å²) in [4.78, 5) is 0.